The van der Waals surface area contributed by atoms with Crippen LogP contribution in [-0.4, -0.2) is 17.2 Å². The Labute approximate surface area is 91.7 Å². The number of carbonyl (C=O) groups is 1. The number of alkyl halides is 2. The molecule has 0 aromatic heterocycles. The van der Waals surface area contributed by atoms with Gasteiger partial charge in [0.05, 0.1) is 6.10 Å². The maximum atomic E-state index is 12.4. The van der Waals surface area contributed by atoms with Crippen LogP contribution in [0, 0.1) is 0 Å². The largest absolute Gasteiger partial charge is 0.490 e. The summed E-state index contributed by atoms with van der Waals surface area (Å²) in [5, 5.41) is 8.84. The SMILES string of the molecule is CC(C)Oc1cc(C(F)F)ccc1C(=O)O. The number of hydrogen-bond acceptors (Lipinski definition) is 2. The molecule has 0 amide bonds. The van der Waals surface area contributed by atoms with Crippen LogP contribution in [0.1, 0.15) is 36.2 Å². The van der Waals surface area contributed by atoms with Crippen LogP contribution in [0.15, 0.2) is 18.2 Å². The van der Waals surface area contributed by atoms with Crippen molar-refractivity contribution in [3.05, 3.63) is 29.3 Å². The monoisotopic (exact) mass is 230 g/mol. The van der Waals surface area contributed by atoms with E-state index in [9.17, 15) is 13.6 Å². The van der Waals surface area contributed by atoms with E-state index in [1.54, 1.807) is 13.8 Å². The molecule has 1 rings (SSSR count). The van der Waals surface area contributed by atoms with Crippen LogP contribution in [0.5, 0.6) is 5.75 Å². The predicted molar refractivity (Wildman–Crippen MR) is 54.1 cm³/mol. The summed E-state index contributed by atoms with van der Waals surface area (Å²) in [4.78, 5) is 10.8. The normalized spacial score (nSPS) is 10.9. The molecule has 0 heterocycles. The molecule has 88 valence electrons. The van der Waals surface area contributed by atoms with E-state index in [4.69, 9.17) is 9.84 Å². The molecule has 1 N–H and O–H groups in total. The highest BCUT2D eigenvalue weighted by Gasteiger charge is 2.16. The summed E-state index contributed by atoms with van der Waals surface area (Å²) in [7, 11) is 0. The third-order valence-electron chi connectivity index (χ3n) is 1.85. The van der Waals surface area contributed by atoms with Crippen molar-refractivity contribution in [2.75, 3.05) is 0 Å². The molecule has 16 heavy (non-hydrogen) atoms. The molecule has 0 atom stereocenters. The van der Waals surface area contributed by atoms with Crippen LogP contribution in [0.2, 0.25) is 0 Å². The van der Waals surface area contributed by atoms with Crippen molar-refractivity contribution in [1.82, 2.24) is 0 Å². The number of halogens is 2. The Bertz CT molecular complexity index is 389. The number of aromatic carboxylic acids is 1. The van der Waals surface area contributed by atoms with Gasteiger partial charge in [0.15, 0.2) is 0 Å². The minimum atomic E-state index is -2.64. The molecule has 0 saturated heterocycles. The van der Waals surface area contributed by atoms with E-state index in [2.05, 4.69) is 0 Å². The first kappa shape index (κ1) is 12.4. The average Bonchev–Trinajstić information content (AvgIpc) is 2.15. The van der Waals surface area contributed by atoms with Crippen LogP contribution in [0.25, 0.3) is 0 Å². The van der Waals surface area contributed by atoms with E-state index < -0.39 is 12.4 Å². The second-order valence-electron chi connectivity index (χ2n) is 3.53. The van der Waals surface area contributed by atoms with E-state index >= 15 is 0 Å². The highest BCUT2D eigenvalue weighted by atomic mass is 19.3. The number of carboxylic acid groups (broad SMARTS) is 1. The molecule has 0 aliphatic carbocycles. The van der Waals surface area contributed by atoms with E-state index in [0.29, 0.717) is 0 Å². The summed E-state index contributed by atoms with van der Waals surface area (Å²) >= 11 is 0. The van der Waals surface area contributed by atoms with Gasteiger partial charge in [-0.25, -0.2) is 13.6 Å². The van der Waals surface area contributed by atoms with Gasteiger partial charge in [-0.1, -0.05) is 6.07 Å². The van der Waals surface area contributed by atoms with Gasteiger partial charge in [0.25, 0.3) is 6.43 Å². The number of benzene rings is 1. The van der Waals surface area contributed by atoms with Crippen molar-refractivity contribution in [2.45, 2.75) is 26.4 Å². The fourth-order valence-corrected chi connectivity index (χ4v) is 1.20. The first-order valence-corrected chi connectivity index (χ1v) is 4.74. The Balaban J connectivity index is 3.15. The molecule has 1 aromatic rings. The van der Waals surface area contributed by atoms with E-state index in [1.165, 1.54) is 0 Å². The van der Waals surface area contributed by atoms with Crippen molar-refractivity contribution in [1.29, 1.82) is 0 Å². The van der Waals surface area contributed by atoms with Crippen molar-refractivity contribution >= 4 is 5.97 Å². The zero-order valence-corrected chi connectivity index (χ0v) is 8.91. The van der Waals surface area contributed by atoms with Crippen LogP contribution in [0.3, 0.4) is 0 Å². The molecule has 3 nitrogen and oxygen atoms in total. The number of carboxylic acids is 1. The van der Waals surface area contributed by atoms with Gasteiger partial charge in [0, 0.05) is 5.56 Å². The van der Waals surface area contributed by atoms with E-state index in [-0.39, 0.29) is 23.0 Å². The molecule has 0 saturated carbocycles. The van der Waals surface area contributed by atoms with Gasteiger partial charge in [0.2, 0.25) is 0 Å². The Morgan fingerprint density at radius 1 is 1.38 bits per heavy atom. The molecular weight excluding hydrogens is 218 g/mol. The number of hydrogen-bond donors (Lipinski definition) is 1. The fourth-order valence-electron chi connectivity index (χ4n) is 1.20. The number of rotatable bonds is 4. The van der Waals surface area contributed by atoms with Gasteiger partial charge in [-0.05, 0) is 26.0 Å². The van der Waals surface area contributed by atoms with E-state index in [0.717, 1.165) is 18.2 Å². The first-order chi connectivity index (χ1) is 7.41. The maximum Gasteiger partial charge on any atom is 0.339 e. The van der Waals surface area contributed by atoms with Crippen molar-refractivity contribution in [3.8, 4) is 5.75 Å². The first-order valence-electron chi connectivity index (χ1n) is 4.74. The number of ether oxygens (including phenoxy) is 1. The topological polar surface area (TPSA) is 46.5 Å². The summed E-state index contributed by atoms with van der Waals surface area (Å²) in [5.41, 5.74) is -0.362. The minimum Gasteiger partial charge on any atom is -0.490 e. The minimum absolute atomic E-state index is 0.0275. The summed E-state index contributed by atoms with van der Waals surface area (Å²) < 4.78 is 30.0. The third kappa shape index (κ3) is 2.92. The molecule has 0 radical (unpaired) electrons. The zero-order chi connectivity index (χ0) is 12.3. The van der Waals surface area contributed by atoms with Gasteiger partial charge < -0.3 is 9.84 Å². The van der Waals surface area contributed by atoms with Crippen LogP contribution in [-0.2, 0) is 0 Å². The van der Waals surface area contributed by atoms with Crippen molar-refractivity contribution in [2.24, 2.45) is 0 Å². The molecule has 0 aliphatic heterocycles. The van der Waals surface area contributed by atoms with Crippen LogP contribution >= 0.6 is 0 Å². The smallest absolute Gasteiger partial charge is 0.339 e. The average molecular weight is 230 g/mol. The Morgan fingerprint density at radius 2 is 2.00 bits per heavy atom. The lowest BCUT2D eigenvalue weighted by Gasteiger charge is -2.13. The molecule has 1 aromatic carbocycles. The summed E-state index contributed by atoms with van der Waals surface area (Å²) in [6, 6.07) is 3.27. The maximum absolute atomic E-state index is 12.4. The molecular formula is C11H12F2O3. The molecule has 0 unspecified atom stereocenters. The standard InChI is InChI=1S/C11H12F2O3/c1-6(2)16-9-5-7(10(12)13)3-4-8(9)11(14)15/h3-6,10H,1-2H3,(H,14,15). The second kappa shape index (κ2) is 4.92. The van der Waals surface area contributed by atoms with E-state index in [1.807, 2.05) is 0 Å². The molecule has 0 spiro atoms. The molecule has 5 heteroatoms. The lowest BCUT2D eigenvalue weighted by Crippen LogP contribution is -2.10. The van der Waals surface area contributed by atoms with Gasteiger partial charge in [-0.15, -0.1) is 0 Å². The lowest BCUT2D eigenvalue weighted by molar-refractivity contribution is 0.0690. The van der Waals surface area contributed by atoms with Gasteiger partial charge in [-0.3, -0.25) is 0 Å². The quantitative estimate of drug-likeness (QED) is 0.864. The lowest BCUT2D eigenvalue weighted by atomic mass is 10.1. The predicted octanol–water partition coefficient (Wildman–Crippen LogP) is 3.11. The van der Waals surface area contributed by atoms with Gasteiger partial charge >= 0.3 is 5.97 Å². The Kier molecular flexibility index (Phi) is 3.82. The van der Waals surface area contributed by atoms with Crippen molar-refractivity contribution < 1.29 is 23.4 Å². The summed E-state index contributed by atoms with van der Waals surface area (Å²) in [6.45, 7) is 3.39. The summed E-state index contributed by atoms with van der Waals surface area (Å²) in [5.74, 6) is -1.23. The Hall–Kier alpha value is -1.65. The molecule has 0 fully saturated rings. The zero-order valence-electron chi connectivity index (χ0n) is 8.91. The third-order valence-corrected chi connectivity index (χ3v) is 1.85. The second-order valence-corrected chi connectivity index (χ2v) is 3.53. The van der Waals surface area contributed by atoms with Crippen LogP contribution < -0.4 is 4.74 Å². The van der Waals surface area contributed by atoms with Gasteiger partial charge in [0.1, 0.15) is 11.3 Å². The fraction of sp³-hybridized carbons (Fsp3) is 0.364. The highest BCUT2D eigenvalue weighted by Crippen LogP contribution is 2.27. The summed E-state index contributed by atoms with van der Waals surface area (Å²) in [6.07, 6.45) is -2.91. The molecule has 0 bridgehead atoms. The highest BCUT2D eigenvalue weighted by molar-refractivity contribution is 5.91. The Morgan fingerprint density at radius 3 is 2.44 bits per heavy atom. The van der Waals surface area contributed by atoms with Gasteiger partial charge in [-0.2, -0.15) is 0 Å². The van der Waals surface area contributed by atoms with Crippen molar-refractivity contribution in [3.63, 3.8) is 0 Å². The molecule has 0 aliphatic rings. The van der Waals surface area contributed by atoms with Crippen LogP contribution in [0.4, 0.5) is 8.78 Å².